The lowest BCUT2D eigenvalue weighted by atomic mass is 9.94. The minimum Gasteiger partial charge on any atom is -0.462 e. The number of nitrogens with zero attached hydrogens (tertiary/aromatic N) is 4. The molecule has 2 heterocycles. The molecule has 0 radical (unpaired) electrons. The van der Waals surface area contributed by atoms with Crippen LogP contribution in [0.4, 0.5) is 5.82 Å². The first kappa shape index (κ1) is 22.0. The third kappa shape index (κ3) is 4.50. The second kappa shape index (κ2) is 9.92. The number of hydrogen-bond donors (Lipinski definition) is 0. The van der Waals surface area contributed by atoms with Crippen molar-refractivity contribution in [2.75, 3.05) is 38.7 Å². The fourth-order valence-corrected chi connectivity index (χ4v) is 4.31. The van der Waals surface area contributed by atoms with E-state index in [0.29, 0.717) is 29.7 Å². The van der Waals surface area contributed by atoms with E-state index in [1.807, 2.05) is 74.6 Å². The van der Waals surface area contributed by atoms with Gasteiger partial charge in [0.15, 0.2) is 5.82 Å². The molecule has 0 aliphatic carbocycles. The Kier molecular flexibility index (Phi) is 6.81. The van der Waals surface area contributed by atoms with Gasteiger partial charge < -0.3 is 14.5 Å². The number of hydrogen-bond acceptors (Lipinski definition) is 6. The van der Waals surface area contributed by atoms with E-state index in [4.69, 9.17) is 4.74 Å². The predicted molar refractivity (Wildman–Crippen MR) is 128 cm³/mol. The first-order valence-electron chi connectivity index (χ1n) is 11.2. The fourth-order valence-electron chi connectivity index (χ4n) is 4.31. The monoisotopic (exact) mass is 430 g/mol. The lowest BCUT2D eigenvalue weighted by Gasteiger charge is -2.36. The van der Waals surface area contributed by atoms with Crippen LogP contribution in [0, 0.1) is 0 Å². The molecule has 1 fully saturated rings. The van der Waals surface area contributed by atoms with Crippen LogP contribution in [0.25, 0.3) is 22.4 Å². The smallest absolute Gasteiger partial charge is 0.342 e. The van der Waals surface area contributed by atoms with Gasteiger partial charge in [0.05, 0.1) is 6.61 Å². The van der Waals surface area contributed by atoms with E-state index < -0.39 is 0 Å². The molecule has 6 nitrogen and oxygen atoms in total. The van der Waals surface area contributed by atoms with Gasteiger partial charge in [0.1, 0.15) is 11.3 Å². The number of benzene rings is 2. The van der Waals surface area contributed by atoms with Gasteiger partial charge in [-0.2, -0.15) is 0 Å². The zero-order valence-corrected chi connectivity index (χ0v) is 19.0. The number of esters is 1. The van der Waals surface area contributed by atoms with E-state index in [0.717, 1.165) is 42.6 Å². The fraction of sp³-hybridized carbons (Fsp3) is 0.346. The third-order valence-corrected chi connectivity index (χ3v) is 6.11. The summed E-state index contributed by atoms with van der Waals surface area (Å²) in [6, 6.07) is 20.1. The Morgan fingerprint density at radius 2 is 1.59 bits per heavy atom. The van der Waals surface area contributed by atoms with Gasteiger partial charge >= 0.3 is 5.97 Å². The predicted octanol–water partition coefficient (Wildman–Crippen LogP) is 4.52. The highest BCUT2D eigenvalue weighted by Gasteiger charge is 2.30. The summed E-state index contributed by atoms with van der Waals surface area (Å²) in [5, 5.41) is 9.25. The second-order valence-corrected chi connectivity index (χ2v) is 8.22. The van der Waals surface area contributed by atoms with Crippen LogP contribution in [-0.2, 0) is 4.74 Å². The Labute approximate surface area is 189 Å². The van der Waals surface area contributed by atoms with E-state index in [1.54, 1.807) is 0 Å². The molecule has 0 saturated carbocycles. The maximum atomic E-state index is 13.4. The van der Waals surface area contributed by atoms with Crippen LogP contribution >= 0.6 is 0 Å². The van der Waals surface area contributed by atoms with Gasteiger partial charge in [0.2, 0.25) is 0 Å². The minimum absolute atomic E-state index is 0.292. The van der Waals surface area contributed by atoms with Crippen molar-refractivity contribution in [1.29, 1.82) is 0 Å². The maximum absolute atomic E-state index is 13.4. The third-order valence-electron chi connectivity index (χ3n) is 6.11. The molecule has 166 valence electrons. The van der Waals surface area contributed by atoms with Crippen molar-refractivity contribution in [3.8, 4) is 22.4 Å². The van der Waals surface area contributed by atoms with E-state index in [-0.39, 0.29) is 5.97 Å². The van der Waals surface area contributed by atoms with Gasteiger partial charge in [-0.3, -0.25) is 0 Å². The largest absolute Gasteiger partial charge is 0.462 e. The van der Waals surface area contributed by atoms with Crippen molar-refractivity contribution in [2.24, 2.45) is 0 Å². The van der Waals surface area contributed by atoms with Crippen molar-refractivity contribution in [3.05, 3.63) is 66.2 Å². The van der Waals surface area contributed by atoms with Crippen LogP contribution in [-0.4, -0.2) is 60.9 Å². The summed E-state index contributed by atoms with van der Waals surface area (Å²) >= 11 is 0. The zero-order valence-electron chi connectivity index (χ0n) is 19.0. The molecule has 6 heteroatoms. The number of piperidine rings is 1. The summed E-state index contributed by atoms with van der Waals surface area (Å²) in [5.41, 5.74) is 3.76. The minimum atomic E-state index is -0.367. The molecule has 1 saturated heterocycles. The van der Waals surface area contributed by atoms with Crippen LogP contribution in [0.1, 0.15) is 30.1 Å². The Bertz CT molecular complexity index is 1050. The van der Waals surface area contributed by atoms with Gasteiger partial charge in [-0.15, -0.1) is 10.2 Å². The summed E-state index contributed by atoms with van der Waals surface area (Å²) in [4.78, 5) is 17.8. The van der Waals surface area contributed by atoms with E-state index >= 15 is 0 Å². The molecule has 4 rings (SSSR count). The van der Waals surface area contributed by atoms with Gasteiger partial charge in [-0.05, 0) is 45.5 Å². The van der Waals surface area contributed by atoms with Crippen molar-refractivity contribution in [3.63, 3.8) is 0 Å². The molecule has 2 aromatic carbocycles. The van der Waals surface area contributed by atoms with Gasteiger partial charge in [-0.1, -0.05) is 60.7 Å². The Morgan fingerprint density at radius 3 is 2.19 bits per heavy atom. The first-order valence-corrected chi connectivity index (χ1v) is 11.2. The summed E-state index contributed by atoms with van der Waals surface area (Å²) < 4.78 is 5.53. The van der Waals surface area contributed by atoms with Gasteiger partial charge in [0, 0.05) is 24.2 Å². The summed E-state index contributed by atoms with van der Waals surface area (Å²) in [6.45, 7) is 4.16. The molecule has 0 bridgehead atoms. The van der Waals surface area contributed by atoms with E-state index in [1.165, 1.54) is 0 Å². The molecular weight excluding hydrogens is 400 g/mol. The molecule has 0 amide bonds. The van der Waals surface area contributed by atoms with Crippen LogP contribution in [0.2, 0.25) is 0 Å². The standard InChI is InChI=1S/C26H30N4O2/c1-4-32-26(31)23-22(19-11-7-5-8-12-19)24(20-13-9-6-10-14-20)27-28-25(23)30(3)21-15-17-29(2)18-16-21/h5-14,21H,4,15-18H2,1-3H3. The first-order chi connectivity index (χ1) is 15.6. The normalized spacial score (nSPS) is 14.8. The molecule has 0 spiro atoms. The van der Waals surface area contributed by atoms with E-state index in [2.05, 4.69) is 27.0 Å². The van der Waals surface area contributed by atoms with E-state index in [9.17, 15) is 4.79 Å². The Morgan fingerprint density at radius 1 is 1.00 bits per heavy atom. The molecule has 1 aliphatic rings. The molecule has 1 aliphatic heterocycles. The highest BCUT2D eigenvalue weighted by atomic mass is 16.5. The quantitative estimate of drug-likeness (QED) is 0.536. The number of aromatic nitrogens is 2. The average Bonchev–Trinajstić information content (AvgIpc) is 2.84. The molecule has 0 unspecified atom stereocenters. The lowest BCUT2D eigenvalue weighted by Crippen LogP contribution is -2.43. The van der Waals surface area contributed by atoms with Crippen molar-refractivity contribution >= 4 is 11.8 Å². The van der Waals surface area contributed by atoms with Crippen LogP contribution in [0.15, 0.2) is 60.7 Å². The SMILES string of the molecule is CCOC(=O)c1c(N(C)C2CCN(C)CC2)nnc(-c2ccccc2)c1-c1ccccc1. The summed E-state index contributed by atoms with van der Waals surface area (Å²) in [7, 11) is 4.15. The summed E-state index contributed by atoms with van der Waals surface area (Å²) in [6.07, 6.45) is 2.02. The van der Waals surface area contributed by atoms with Crippen molar-refractivity contribution in [2.45, 2.75) is 25.8 Å². The number of ether oxygens (including phenoxy) is 1. The average molecular weight is 431 g/mol. The van der Waals surface area contributed by atoms with Crippen LogP contribution < -0.4 is 4.90 Å². The number of carbonyl (C=O) groups excluding carboxylic acids is 1. The molecule has 3 aromatic rings. The maximum Gasteiger partial charge on any atom is 0.342 e. The Hall–Kier alpha value is -3.25. The molecule has 1 aromatic heterocycles. The van der Waals surface area contributed by atoms with Crippen molar-refractivity contribution < 1.29 is 9.53 Å². The summed E-state index contributed by atoms with van der Waals surface area (Å²) in [5.74, 6) is 0.213. The zero-order chi connectivity index (χ0) is 22.5. The van der Waals surface area contributed by atoms with Gasteiger partial charge in [-0.25, -0.2) is 4.79 Å². The molecule has 0 N–H and O–H groups in total. The topological polar surface area (TPSA) is 58.6 Å². The highest BCUT2D eigenvalue weighted by Crippen LogP contribution is 2.38. The molecule has 32 heavy (non-hydrogen) atoms. The number of anilines is 1. The van der Waals surface area contributed by atoms with Crippen molar-refractivity contribution in [1.82, 2.24) is 15.1 Å². The second-order valence-electron chi connectivity index (χ2n) is 8.22. The Balaban J connectivity index is 1.92. The van der Waals surface area contributed by atoms with Gasteiger partial charge in [0.25, 0.3) is 0 Å². The number of rotatable bonds is 6. The molecule has 0 atom stereocenters. The van der Waals surface area contributed by atoms with Crippen LogP contribution in [0.5, 0.6) is 0 Å². The highest BCUT2D eigenvalue weighted by molar-refractivity contribution is 6.05. The van der Waals surface area contributed by atoms with Crippen LogP contribution in [0.3, 0.4) is 0 Å². The molecular formula is C26H30N4O2. The number of carbonyl (C=O) groups is 1. The number of likely N-dealkylation sites (tertiary alicyclic amines) is 1. The lowest BCUT2D eigenvalue weighted by molar-refractivity contribution is 0.0527.